The first-order valence-electron chi connectivity index (χ1n) is 4.29. The van der Waals surface area contributed by atoms with Crippen molar-refractivity contribution in [1.29, 1.82) is 0 Å². The van der Waals surface area contributed by atoms with E-state index in [2.05, 4.69) is 9.97 Å². The van der Waals surface area contributed by atoms with Gasteiger partial charge in [-0.1, -0.05) is 12.2 Å². The molecule has 0 aliphatic carbocycles. The van der Waals surface area contributed by atoms with Crippen LogP contribution < -0.4 is 5.69 Å². The van der Waals surface area contributed by atoms with E-state index in [0.717, 1.165) is 12.1 Å². The zero-order chi connectivity index (χ0) is 10.3. The molecule has 0 spiro atoms. The second kappa shape index (κ2) is 3.06. The van der Waals surface area contributed by atoms with E-state index in [4.69, 9.17) is 12.2 Å². The topological polar surface area (TPSA) is 55.6 Å². The SMILES string of the molecule is CCn1cnc2c1c(=S)[nH]c(=O)n2C. The first-order chi connectivity index (χ1) is 6.65. The molecule has 0 bridgehead atoms. The Labute approximate surface area is 85.0 Å². The maximum Gasteiger partial charge on any atom is 0.327 e. The Kier molecular flexibility index (Phi) is 1.99. The van der Waals surface area contributed by atoms with E-state index >= 15 is 0 Å². The van der Waals surface area contributed by atoms with Crippen LogP contribution in [0.25, 0.3) is 11.2 Å². The second-order valence-electron chi connectivity index (χ2n) is 3.02. The van der Waals surface area contributed by atoms with Crippen LogP contribution in [0.1, 0.15) is 6.92 Å². The van der Waals surface area contributed by atoms with Crippen LogP contribution in [-0.2, 0) is 13.6 Å². The minimum Gasteiger partial charge on any atom is -0.327 e. The van der Waals surface area contributed by atoms with Crippen LogP contribution in [-0.4, -0.2) is 19.1 Å². The molecule has 0 unspecified atom stereocenters. The quantitative estimate of drug-likeness (QED) is 0.709. The molecule has 5 nitrogen and oxygen atoms in total. The van der Waals surface area contributed by atoms with E-state index in [9.17, 15) is 4.79 Å². The van der Waals surface area contributed by atoms with Crippen LogP contribution >= 0.6 is 12.2 Å². The van der Waals surface area contributed by atoms with Gasteiger partial charge in [-0.3, -0.25) is 9.55 Å². The lowest BCUT2D eigenvalue weighted by Crippen LogP contribution is -2.20. The van der Waals surface area contributed by atoms with Gasteiger partial charge in [-0.25, -0.2) is 9.78 Å². The van der Waals surface area contributed by atoms with Crippen LogP contribution in [0.5, 0.6) is 0 Å². The Morgan fingerprint density at radius 2 is 2.36 bits per heavy atom. The summed E-state index contributed by atoms with van der Waals surface area (Å²) >= 11 is 5.08. The minimum absolute atomic E-state index is 0.233. The van der Waals surface area contributed by atoms with Gasteiger partial charge >= 0.3 is 5.69 Å². The standard InChI is InChI=1S/C8H10N4OS/c1-3-12-4-9-6-5(12)7(14)10-8(13)11(6)2/h4H,3H2,1-2H3,(H,10,13,14). The first-order valence-corrected chi connectivity index (χ1v) is 4.70. The molecule has 2 rings (SSSR count). The molecular formula is C8H10N4OS. The number of nitrogens with zero attached hydrogens (tertiary/aromatic N) is 3. The van der Waals surface area contributed by atoms with Gasteiger partial charge in [-0.2, -0.15) is 0 Å². The molecule has 0 atom stereocenters. The molecule has 0 aromatic carbocycles. The van der Waals surface area contributed by atoms with E-state index < -0.39 is 0 Å². The third-order valence-corrected chi connectivity index (χ3v) is 2.51. The van der Waals surface area contributed by atoms with Crippen molar-refractivity contribution in [3.63, 3.8) is 0 Å². The van der Waals surface area contributed by atoms with Crippen LogP contribution in [0.15, 0.2) is 11.1 Å². The van der Waals surface area contributed by atoms with E-state index in [1.165, 1.54) is 4.57 Å². The summed E-state index contributed by atoms with van der Waals surface area (Å²) in [7, 11) is 1.67. The molecule has 74 valence electrons. The number of aromatic amines is 1. The fourth-order valence-corrected chi connectivity index (χ4v) is 1.72. The average molecular weight is 210 g/mol. The average Bonchev–Trinajstić information content (AvgIpc) is 2.58. The van der Waals surface area contributed by atoms with Crippen LogP contribution in [0.3, 0.4) is 0 Å². The molecule has 14 heavy (non-hydrogen) atoms. The predicted octanol–water partition coefficient (Wildman–Crippen LogP) is 0.812. The first kappa shape index (κ1) is 9.14. The van der Waals surface area contributed by atoms with Gasteiger partial charge in [0.2, 0.25) is 0 Å². The molecule has 6 heteroatoms. The number of hydrogen-bond donors (Lipinski definition) is 1. The molecule has 2 aromatic rings. The van der Waals surface area contributed by atoms with Crippen molar-refractivity contribution >= 4 is 23.4 Å². The summed E-state index contributed by atoms with van der Waals surface area (Å²) in [5.41, 5.74) is 1.20. The fourth-order valence-electron chi connectivity index (χ4n) is 1.43. The Morgan fingerprint density at radius 3 is 3.00 bits per heavy atom. The van der Waals surface area contributed by atoms with E-state index in [1.807, 2.05) is 11.5 Å². The molecule has 1 N–H and O–H groups in total. The van der Waals surface area contributed by atoms with Crippen LogP contribution in [0.2, 0.25) is 0 Å². The molecular weight excluding hydrogens is 200 g/mol. The van der Waals surface area contributed by atoms with Gasteiger partial charge in [0.25, 0.3) is 0 Å². The lowest BCUT2D eigenvalue weighted by atomic mass is 10.5. The smallest absolute Gasteiger partial charge is 0.327 e. The Morgan fingerprint density at radius 1 is 1.64 bits per heavy atom. The lowest BCUT2D eigenvalue weighted by Gasteiger charge is -2.01. The van der Waals surface area contributed by atoms with Gasteiger partial charge in [-0.15, -0.1) is 0 Å². The van der Waals surface area contributed by atoms with Crippen LogP contribution in [0.4, 0.5) is 0 Å². The number of rotatable bonds is 1. The van der Waals surface area contributed by atoms with Crippen molar-refractivity contribution in [2.75, 3.05) is 0 Å². The minimum atomic E-state index is -0.233. The van der Waals surface area contributed by atoms with Gasteiger partial charge in [-0.05, 0) is 6.92 Å². The van der Waals surface area contributed by atoms with Gasteiger partial charge in [0, 0.05) is 13.6 Å². The van der Waals surface area contributed by atoms with Crippen molar-refractivity contribution in [2.45, 2.75) is 13.5 Å². The molecule has 0 radical (unpaired) electrons. The Hall–Kier alpha value is -1.43. The lowest BCUT2D eigenvalue weighted by molar-refractivity contribution is 0.780. The van der Waals surface area contributed by atoms with Gasteiger partial charge in [0.1, 0.15) is 10.2 Å². The van der Waals surface area contributed by atoms with Crippen molar-refractivity contribution in [2.24, 2.45) is 7.05 Å². The van der Waals surface area contributed by atoms with E-state index in [1.54, 1.807) is 13.4 Å². The molecule has 2 aromatic heterocycles. The summed E-state index contributed by atoms with van der Waals surface area (Å²) in [6.45, 7) is 2.78. The maximum absolute atomic E-state index is 11.3. The molecule has 2 heterocycles. The van der Waals surface area contributed by atoms with Crippen molar-refractivity contribution in [3.05, 3.63) is 21.5 Å². The highest BCUT2D eigenvalue weighted by Crippen LogP contribution is 2.09. The van der Waals surface area contributed by atoms with Crippen molar-refractivity contribution in [3.8, 4) is 0 Å². The number of H-pyrrole nitrogens is 1. The molecule has 0 fully saturated rings. The monoisotopic (exact) mass is 210 g/mol. The molecule has 0 aliphatic rings. The van der Waals surface area contributed by atoms with Gasteiger partial charge in [0.05, 0.1) is 6.33 Å². The Balaban J connectivity index is 3.05. The third-order valence-electron chi connectivity index (χ3n) is 2.22. The summed E-state index contributed by atoms with van der Waals surface area (Å²) in [5, 5.41) is 0. The zero-order valence-corrected chi connectivity index (χ0v) is 8.76. The number of imidazole rings is 1. The Bertz CT molecular complexity index is 591. The summed E-state index contributed by atoms with van der Waals surface area (Å²) < 4.78 is 3.81. The van der Waals surface area contributed by atoms with Gasteiger partial charge in [0.15, 0.2) is 5.65 Å². The summed E-state index contributed by atoms with van der Waals surface area (Å²) in [5.74, 6) is 0. The van der Waals surface area contributed by atoms with E-state index in [-0.39, 0.29) is 5.69 Å². The van der Waals surface area contributed by atoms with Crippen molar-refractivity contribution < 1.29 is 0 Å². The summed E-state index contributed by atoms with van der Waals surface area (Å²) in [4.78, 5) is 18.1. The highest BCUT2D eigenvalue weighted by molar-refractivity contribution is 7.71. The third kappa shape index (κ3) is 1.11. The van der Waals surface area contributed by atoms with Gasteiger partial charge < -0.3 is 4.57 Å². The summed E-state index contributed by atoms with van der Waals surface area (Å²) in [6.07, 6.45) is 1.69. The number of aromatic nitrogens is 4. The molecule has 0 aliphatic heterocycles. The zero-order valence-electron chi connectivity index (χ0n) is 7.94. The summed E-state index contributed by atoms with van der Waals surface area (Å²) in [6, 6.07) is 0. The number of fused-ring (bicyclic) bond motifs is 1. The number of aryl methyl sites for hydroxylation is 2. The highest BCUT2D eigenvalue weighted by atomic mass is 32.1. The predicted molar refractivity (Wildman–Crippen MR) is 55.8 cm³/mol. The molecule has 0 saturated heterocycles. The number of nitrogens with one attached hydrogen (secondary N) is 1. The normalized spacial score (nSPS) is 11.0. The largest absolute Gasteiger partial charge is 0.327 e. The van der Waals surface area contributed by atoms with Crippen molar-refractivity contribution in [1.82, 2.24) is 19.1 Å². The molecule has 0 amide bonds. The molecule has 0 saturated carbocycles. The second-order valence-corrected chi connectivity index (χ2v) is 3.43. The highest BCUT2D eigenvalue weighted by Gasteiger charge is 2.07. The number of hydrogen-bond acceptors (Lipinski definition) is 3. The fraction of sp³-hybridized carbons (Fsp3) is 0.375. The van der Waals surface area contributed by atoms with E-state index in [0.29, 0.717) is 10.3 Å². The van der Waals surface area contributed by atoms with Crippen LogP contribution in [0, 0.1) is 4.64 Å². The maximum atomic E-state index is 11.3.